The number of fused-ring (bicyclic) bond motifs is 3. The Kier molecular flexibility index (Phi) is 3.10. The first kappa shape index (κ1) is 13.2. The smallest absolute Gasteiger partial charge is 0.322 e. The van der Waals surface area contributed by atoms with Gasteiger partial charge in [-0.05, 0) is 30.7 Å². The Morgan fingerprint density at radius 3 is 2.67 bits per heavy atom. The molecule has 1 amide bonds. The molecular formula is C16H14N2O3. The molecule has 1 heterocycles. The maximum Gasteiger partial charge on any atom is 0.322 e. The number of aryl methyl sites for hydroxylation is 1. The van der Waals surface area contributed by atoms with Crippen LogP contribution in [0.1, 0.15) is 15.9 Å². The molecule has 21 heavy (non-hydrogen) atoms. The molecule has 0 unspecified atom stereocenters. The average Bonchev–Trinajstić information content (AvgIpc) is 2.84. The second-order valence-electron chi connectivity index (χ2n) is 4.91. The molecule has 106 valence electrons. The van der Waals surface area contributed by atoms with E-state index in [0.29, 0.717) is 5.56 Å². The number of hydrogen-bond donors (Lipinski definition) is 3. The summed E-state index contributed by atoms with van der Waals surface area (Å²) in [4.78, 5) is 25.9. The number of H-pyrrole nitrogens is 1. The van der Waals surface area contributed by atoms with Crippen molar-refractivity contribution in [2.24, 2.45) is 0 Å². The number of nitrogens with one attached hydrogen (secondary N) is 2. The molecule has 5 nitrogen and oxygen atoms in total. The molecule has 2 aromatic carbocycles. The number of benzene rings is 2. The standard InChI is InChI=1S/C16H14N2O3/c1-9-10(16(21)17-8-14(19)20)6-7-13-15(9)11-4-2-3-5-12(11)18-13/h2-7,18H,8H2,1H3,(H,17,21)(H,19,20). The van der Waals surface area contributed by atoms with Crippen LogP contribution in [0, 0.1) is 6.92 Å². The Bertz CT molecular complexity index is 864. The molecule has 0 aliphatic heterocycles. The number of carbonyl (C=O) groups is 2. The minimum Gasteiger partial charge on any atom is -0.480 e. The molecule has 3 aromatic rings. The van der Waals surface area contributed by atoms with Crippen molar-refractivity contribution < 1.29 is 14.7 Å². The summed E-state index contributed by atoms with van der Waals surface area (Å²) in [5.74, 6) is -1.43. The Labute approximate surface area is 120 Å². The minimum atomic E-state index is -1.06. The number of carbonyl (C=O) groups excluding carboxylic acids is 1. The van der Waals surface area contributed by atoms with Gasteiger partial charge in [0.25, 0.3) is 5.91 Å². The van der Waals surface area contributed by atoms with E-state index in [1.165, 1.54) is 0 Å². The largest absolute Gasteiger partial charge is 0.480 e. The number of hydrogen-bond acceptors (Lipinski definition) is 2. The summed E-state index contributed by atoms with van der Waals surface area (Å²) >= 11 is 0. The van der Waals surface area contributed by atoms with Gasteiger partial charge in [0.15, 0.2) is 0 Å². The highest BCUT2D eigenvalue weighted by atomic mass is 16.4. The van der Waals surface area contributed by atoms with Crippen molar-refractivity contribution in [3.8, 4) is 0 Å². The second-order valence-corrected chi connectivity index (χ2v) is 4.91. The number of aliphatic carboxylic acids is 1. The Balaban J connectivity index is 2.13. The summed E-state index contributed by atoms with van der Waals surface area (Å²) in [6, 6.07) is 11.4. The van der Waals surface area contributed by atoms with E-state index in [1.54, 1.807) is 6.07 Å². The monoisotopic (exact) mass is 282 g/mol. The number of amides is 1. The van der Waals surface area contributed by atoms with Crippen molar-refractivity contribution in [3.63, 3.8) is 0 Å². The third-order valence-electron chi connectivity index (χ3n) is 3.58. The number of rotatable bonds is 3. The molecule has 0 saturated heterocycles. The lowest BCUT2D eigenvalue weighted by Crippen LogP contribution is -2.29. The third-order valence-corrected chi connectivity index (χ3v) is 3.58. The van der Waals surface area contributed by atoms with Gasteiger partial charge < -0.3 is 15.4 Å². The SMILES string of the molecule is Cc1c(C(=O)NCC(=O)O)ccc2[nH]c3ccccc3c12. The molecule has 0 aliphatic carbocycles. The molecule has 5 heteroatoms. The first-order chi connectivity index (χ1) is 10.1. The fourth-order valence-electron chi connectivity index (χ4n) is 2.62. The zero-order valence-electron chi connectivity index (χ0n) is 11.4. The van der Waals surface area contributed by atoms with Gasteiger partial charge in [-0.25, -0.2) is 0 Å². The van der Waals surface area contributed by atoms with E-state index >= 15 is 0 Å². The van der Waals surface area contributed by atoms with E-state index in [1.807, 2.05) is 37.3 Å². The van der Waals surface area contributed by atoms with E-state index < -0.39 is 5.97 Å². The molecule has 1 aromatic heterocycles. The van der Waals surface area contributed by atoms with Crippen LogP contribution in [-0.4, -0.2) is 28.5 Å². The maximum absolute atomic E-state index is 12.1. The molecule has 0 spiro atoms. The molecule has 0 atom stereocenters. The average molecular weight is 282 g/mol. The molecule has 0 aliphatic rings. The van der Waals surface area contributed by atoms with Crippen LogP contribution in [0.25, 0.3) is 21.8 Å². The van der Waals surface area contributed by atoms with Crippen molar-refractivity contribution in [3.05, 3.63) is 47.5 Å². The van der Waals surface area contributed by atoms with Gasteiger partial charge in [-0.3, -0.25) is 9.59 Å². The van der Waals surface area contributed by atoms with Gasteiger partial charge in [0.1, 0.15) is 6.54 Å². The highest BCUT2D eigenvalue weighted by Gasteiger charge is 2.14. The van der Waals surface area contributed by atoms with Crippen molar-refractivity contribution in [1.29, 1.82) is 0 Å². The van der Waals surface area contributed by atoms with Crippen LogP contribution in [0.5, 0.6) is 0 Å². The topological polar surface area (TPSA) is 82.2 Å². The molecule has 3 N–H and O–H groups in total. The zero-order valence-corrected chi connectivity index (χ0v) is 11.4. The highest BCUT2D eigenvalue weighted by molar-refractivity contribution is 6.12. The second kappa shape index (κ2) is 4.94. The van der Waals surface area contributed by atoms with Crippen LogP contribution in [0.15, 0.2) is 36.4 Å². The molecule has 0 radical (unpaired) electrons. The first-order valence-corrected chi connectivity index (χ1v) is 6.58. The zero-order chi connectivity index (χ0) is 15.0. The van der Waals surface area contributed by atoms with Crippen molar-refractivity contribution in [1.82, 2.24) is 10.3 Å². The lowest BCUT2D eigenvalue weighted by molar-refractivity contribution is -0.135. The van der Waals surface area contributed by atoms with Gasteiger partial charge in [0.2, 0.25) is 0 Å². The fourth-order valence-corrected chi connectivity index (χ4v) is 2.62. The van der Waals surface area contributed by atoms with E-state index in [9.17, 15) is 9.59 Å². The fraction of sp³-hybridized carbons (Fsp3) is 0.125. The number of carboxylic acid groups (broad SMARTS) is 1. The van der Waals surface area contributed by atoms with E-state index in [4.69, 9.17) is 5.11 Å². The summed E-state index contributed by atoms with van der Waals surface area (Å²) in [5.41, 5.74) is 3.31. The lowest BCUT2D eigenvalue weighted by atomic mass is 10.0. The Hall–Kier alpha value is -2.82. The summed E-state index contributed by atoms with van der Waals surface area (Å²) in [6.45, 7) is 1.49. The van der Waals surface area contributed by atoms with Crippen LogP contribution in [0.2, 0.25) is 0 Å². The molecule has 0 bridgehead atoms. The van der Waals surface area contributed by atoms with Crippen LogP contribution in [0.3, 0.4) is 0 Å². The normalized spacial score (nSPS) is 10.9. The summed E-state index contributed by atoms with van der Waals surface area (Å²) < 4.78 is 0. The maximum atomic E-state index is 12.1. The summed E-state index contributed by atoms with van der Waals surface area (Å²) in [7, 11) is 0. The summed E-state index contributed by atoms with van der Waals surface area (Å²) in [6.07, 6.45) is 0. The van der Waals surface area contributed by atoms with Crippen LogP contribution < -0.4 is 5.32 Å². The van der Waals surface area contributed by atoms with E-state index in [0.717, 1.165) is 27.4 Å². The van der Waals surface area contributed by atoms with Gasteiger partial charge in [0, 0.05) is 27.4 Å². The number of para-hydroxylation sites is 1. The molecule has 3 rings (SSSR count). The van der Waals surface area contributed by atoms with Gasteiger partial charge in [-0.1, -0.05) is 18.2 Å². The van der Waals surface area contributed by atoms with Gasteiger partial charge in [-0.15, -0.1) is 0 Å². The van der Waals surface area contributed by atoms with Crippen molar-refractivity contribution >= 4 is 33.7 Å². The van der Waals surface area contributed by atoms with Crippen LogP contribution >= 0.6 is 0 Å². The number of aromatic nitrogens is 1. The predicted molar refractivity (Wildman–Crippen MR) is 80.5 cm³/mol. The van der Waals surface area contributed by atoms with Gasteiger partial charge in [-0.2, -0.15) is 0 Å². The molecule has 0 saturated carbocycles. The Morgan fingerprint density at radius 2 is 1.90 bits per heavy atom. The molecule has 0 fully saturated rings. The van der Waals surface area contributed by atoms with Crippen molar-refractivity contribution in [2.45, 2.75) is 6.92 Å². The molecular weight excluding hydrogens is 268 g/mol. The van der Waals surface area contributed by atoms with Gasteiger partial charge >= 0.3 is 5.97 Å². The number of carboxylic acids is 1. The number of aromatic amines is 1. The van der Waals surface area contributed by atoms with Crippen LogP contribution in [0.4, 0.5) is 0 Å². The third kappa shape index (κ3) is 2.23. The minimum absolute atomic E-state index is 0.373. The highest BCUT2D eigenvalue weighted by Crippen LogP contribution is 2.29. The summed E-state index contributed by atoms with van der Waals surface area (Å²) in [5, 5.41) is 13.1. The lowest BCUT2D eigenvalue weighted by Gasteiger charge is -2.07. The van der Waals surface area contributed by atoms with E-state index in [2.05, 4.69) is 10.3 Å². The van der Waals surface area contributed by atoms with Gasteiger partial charge in [0.05, 0.1) is 0 Å². The predicted octanol–water partition coefficient (Wildman–Crippen LogP) is 2.44. The van der Waals surface area contributed by atoms with Crippen LogP contribution in [-0.2, 0) is 4.79 Å². The van der Waals surface area contributed by atoms with Crippen molar-refractivity contribution in [2.75, 3.05) is 6.54 Å². The quantitative estimate of drug-likeness (QED) is 0.690. The Morgan fingerprint density at radius 1 is 1.14 bits per heavy atom. The first-order valence-electron chi connectivity index (χ1n) is 6.58. The van der Waals surface area contributed by atoms with E-state index in [-0.39, 0.29) is 12.5 Å².